The first-order valence-corrected chi connectivity index (χ1v) is 14.8. The number of methoxy groups -OCH3 is 3. The van der Waals surface area contributed by atoms with E-state index in [1.54, 1.807) is 21.3 Å². The average Bonchev–Trinajstić information content (AvgIpc) is 3.24. The van der Waals surface area contributed by atoms with Crippen LogP contribution in [0.25, 0.3) is 6.08 Å². The topological polar surface area (TPSA) is 121 Å². The third-order valence-corrected chi connectivity index (χ3v) is 10.7. The highest BCUT2D eigenvalue weighted by atomic mass is 16.5. The zero-order chi connectivity index (χ0) is 30.4. The third kappa shape index (κ3) is 4.77. The van der Waals surface area contributed by atoms with Crippen LogP contribution in [0.3, 0.4) is 0 Å². The fourth-order valence-corrected chi connectivity index (χ4v) is 8.87. The number of nitrogens with zero attached hydrogens (tertiary/aromatic N) is 1. The van der Waals surface area contributed by atoms with Gasteiger partial charge in [-0.15, -0.1) is 0 Å². The summed E-state index contributed by atoms with van der Waals surface area (Å²) >= 11 is 0. The predicted molar refractivity (Wildman–Crippen MR) is 159 cm³/mol. The Hall–Kier alpha value is -3.73. The molecule has 0 heterocycles. The molecular weight excluding hydrogens is 532 g/mol. The van der Waals surface area contributed by atoms with Crippen LogP contribution in [0.5, 0.6) is 17.2 Å². The number of esters is 1. The molecule has 224 valence electrons. The van der Waals surface area contributed by atoms with Crippen molar-refractivity contribution < 1.29 is 28.5 Å². The summed E-state index contributed by atoms with van der Waals surface area (Å²) in [6.07, 6.45) is 10.6. The second kappa shape index (κ2) is 11.2. The van der Waals surface area contributed by atoms with E-state index in [0.29, 0.717) is 29.1 Å². The molecule has 2 N–H and O–H groups in total. The summed E-state index contributed by atoms with van der Waals surface area (Å²) < 4.78 is 22.3. The largest absolute Gasteiger partial charge is 0.493 e. The van der Waals surface area contributed by atoms with Crippen molar-refractivity contribution >= 4 is 18.0 Å². The number of hydrogen-bond donors (Lipinski definition) is 1. The monoisotopic (exact) mass is 574 g/mol. The Morgan fingerprint density at radius 2 is 1.67 bits per heavy atom. The van der Waals surface area contributed by atoms with Crippen LogP contribution in [-0.2, 0) is 14.3 Å². The van der Waals surface area contributed by atoms with Gasteiger partial charge in [-0.2, -0.15) is 5.26 Å². The second-order valence-electron chi connectivity index (χ2n) is 12.7. The SMILES string of the molecule is COc1cc(/C=C2\C[C@H]3[C@@H]4CC=C5C[C@@H](OC(C)=O)CC[C@]5(C)[C@H]4CC[C@]3(C)\C2=C(\C#N)C(N)=O)cc(OC)c1OC. The number of fused-ring (bicyclic) bond motifs is 5. The van der Waals surface area contributed by atoms with E-state index in [4.69, 9.17) is 24.7 Å². The van der Waals surface area contributed by atoms with Gasteiger partial charge in [0.2, 0.25) is 5.75 Å². The molecule has 4 aliphatic rings. The first kappa shape index (κ1) is 29.8. The Morgan fingerprint density at radius 3 is 2.24 bits per heavy atom. The van der Waals surface area contributed by atoms with Crippen molar-refractivity contribution in [1.82, 2.24) is 0 Å². The Morgan fingerprint density at radius 1 is 1.00 bits per heavy atom. The lowest BCUT2D eigenvalue weighted by Crippen LogP contribution is -2.50. The first-order valence-electron chi connectivity index (χ1n) is 14.8. The minimum absolute atomic E-state index is 0.0463. The van der Waals surface area contributed by atoms with Crippen LogP contribution >= 0.6 is 0 Å². The molecule has 42 heavy (non-hydrogen) atoms. The van der Waals surface area contributed by atoms with Crippen molar-refractivity contribution in [2.75, 3.05) is 21.3 Å². The first-order chi connectivity index (χ1) is 20.0. The second-order valence-corrected chi connectivity index (χ2v) is 12.7. The summed E-state index contributed by atoms with van der Waals surface area (Å²) in [7, 11) is 4.73. The summed E-state index contributed by atoms with van der Waals surface area (Å²) in [4.78, 5) is 24.3. The van der Waals surface area contributed by atoms with E-state index in [1.807, 2.05) is 12.1 Å². The molecule has 0 bridgehead atoms. The van der Waals surface area contributed by atoms with Crippen molar-refractivity contribution in [3.63, 3.8) is 0 Å². The van der Waals surface area contributed by atoms with Crippen LogP contribution in [0.1, 0.15) is 71.3 Å². The van der Waals surface area contributed by atoms with Crippen molar-refractivity contribution in [2.45, 2.75) is 71.8 Å². The van der Waals surface area contributed by atoms with Gasteiger partial charge in [0.25, 0.3) is 5.91 Å². The number of ether oxygens (including phenoxy) is 4. The standard InChI is InChI=1S/C34H42N2O6/c1-19(37)42-23-9-11-33(2)22(17-23)7-8-24-26(33)10-12-34(3)27(24)16-21(30(34)25(18-35)32(36)38)13-20-14-28(39-4)31(41-6)29(15-20)40-5/h7,13-15,23-24,26-27H,8-12,16-17H2,1-6H3,(H2,36,38)/b21-13+,30-25-/t23-,24+,26-,27-,33-,34-/m0/s1. The number of rotatable bonds is 6. The predicted octanol–water partition coefficient (Wildman–Crippen LogP) is 5.91. The molecule has 8 heteroatoms. The maximum absolute atomic E-state index is 12.7. The fourth-order valence-electron chi connectivity index (χ4n) is 8.87. The van der Waals surface area contributed by atoms with Crippen molar-refractivity contribution in [3.05, 3.63) is 46.1 Å². The van der Waals surface area contributed by atoms with Crippen LogP contribution in [0.15, 0.2) is 40.5 Å². The summed E-state index contributed by atoms with van der Waals surface area (Å²) in [5.41, 5.74) is 9.58. The minimum atomic E-state index is -0.686. The molecule has 6 atom stereocenters. The number of amides is 1. The maximum Gasteiger partial charge on any atom is 0.302 e. The van der Waals surface area contributed by atoms with Gasteiger partial charge < -0.3 is 24.7 Å². The highest BCUT2D eigenvalue weighted by Crippen LogP contribution is 2.67. The summed E-state index contributed by atoms with van der Waals surface area (Å²) in [5, 5.41) is 10.2. The Labute approximate surface area is 248 Å². The van der Waals surface area contributed by atoms with Gasteiger partial charge in [-0.1, -0.05) is 31.6 Å². The van der Waals surface area contributed by atoms with Gasteiger partial charge in [-0.3, -0.25) is 9.59 Å². The number of allylic oxidation sites excluding steroid dienone is 3. The Bertz CT molecular complexity index is 1410. The number of nitriles is 1. The van der Waals surface area contributed by atoms with Crippen molar-refractivity contribution in [2.24, 2.45) is 34.3 Å². The van der Waals surface area contributed by atoms with Crippen molar-refractivity contribution in [1.29, 1.82) is 5.26 Å². The number of benzene rings is 1. The van der Waals surface area contributed by atoms with E-state index in [9.17, 15) is 14.9 Å². The summed E-state index contributed by atoms with van der Waals surface area (Å²) in [6, 6.07) is 5.93. The lowest BCUT2D eigenvalue weighted by atomic mass is 9.47. The Balaban J connectivity index is 1.58. The van der Waals surface area contributed by atoms with E-state index in [0.717, 1.165) is 61.7 Å². The van der Waals surface area contributed by atoms with Gasteiger partial charge in [0, 0.05) is 13.3 Å². The van der Waals surface area contributed by atoms with Gasteiger partial charge >= 0.3 is 5.97 Å². The Kier molecular flexibility index (Phi) is 7.91. The molecule has 4 aliphatic carbocycles. The van der Waals surface area contributed by atoms with Gasteiger partial charge in [0.1, 0.15) is 17.7 Å². The van der Waals surface area contributed by atoms with Crippen molar-refractivity contribution in [3.8, 4) is 23.3 Å². The number of nitrogens with two attached hydrogens (primary N) is 1. The molecule has 8 nitrogen and oxygen atoms in total. The number of carbonyl (C=O) groups is 2. The molecule has 1 aromatic carbocycles. The van der Waals surface area contributed by atoms with E-state index in [1.165, 1.54) is 12.5 Å². The number of carbonyl (C=O) groups excluding carboxylic acids is 2. The van der Waals surface area contributed by atoms with Crippen LogP contribution in [0.4, 0.5) is 0 Å². The van der Waals surface area contributed by atoms with Crippen LogP contribution in [0.2, 0.25) is 0 Å². The molecule has 0 aliphatic heterocycles. The van der Waals surface area contributed by atoms with Gasteiger partial charge in [0.15, 0.2) is 11.5 Å². The van der Waals surface area contributed by atoms with Gasteiger partial charge in [0.05, 0.1) is 21.3 Å². The minimum Gasteiger partial charge on any atom is -0.493 e. The quantitative estimate of drug-likeness (QED) is 0.194. The van der Waals surface area contributed by atoms with Gasteiger partial charge in [-0.25, -0.2) is 0 Å². The van der Waals surface area contributed by atoms with E-state index in [-0.39, 0.29) is 34.4 Å². The highest BCUT2D eigenvalue weighted by Gasteiger charge is 2.59. The lowest BCUT2D eigenvalue weighted by molar-refractivity contribution is -0.148. The van der Waals surface area contributed by atoms with E-state index in [2.05, 4.69) is 32.1 Å². The molecule has 0 saturated heterocycles. The number of primary amides is 1. The molecule has 5 rings (SSSR count). The van der Waals surface area contributed by atoms with Crippen LogP contribution in [0, 0.1) is 39.9 Å². The van der Waals surface area contributed by atoms with Crippen LogP contribution in [-0.4, -0.2) is 39.3 Å². The molecular formula is C34H42N2O6. The van der Waals surface area contributed by atoms with Crippen LogP contribution < -0.4 is 19.9 Å². The normalized spacial score (nSPS) is 33.7. The molecule has 0 unspecified atom stereocenters. The zero-order valence-electron chi connectivity index (χ0n) is 25.5. The molecule has 1 amide bonds. The smallest absolute Gasteiger partial charge is 0.302 e. The fraction of sp³-hybridized carbons (Fsp3) is 0.559. The molecule has 0 spiro atoms. The lowest BCUT2D eigenvalue weighted by Gasteiger charge is -2.57. The molecule has 3 fully saturated rings. The number of hydrogen-bond acceptors (Lipinski definition) is 7. The third-order valence-electron chi connectivity index (χ3n) is 10.7. The molecule has 3 saturated carbocycles. The highest BCUT2D eigenvalue weighted by molar-refractivity contribution is 5.98. The molecule has 0 radical (unpaired) electrons. The van der Waals surface area contributed by atoms with Gasteiger partial charge in [-0.05, 0) is 96.0 Å². The van der Waals surface area contributed by atoms with E-state index >= 15 is 0 Å². The summed E-state index contributed by atoms with van der Waals surface area (Å²) in [6.45, 7) is 6.10. The van der Waals surface area contributed by atoms with E-state index < -0.39 is 5.91 Å². The average molecular weight is 575 g/mol. The molecule has 0 aromatic heterocycles. The summed E-state index contributed by atoms with van der Waals surface area (Å²) in [5.74, 6) is 1.81. The molecule has 1 aromatic rings. The zero-order valence-corrected chi connectivity index (χ0v) is 25.5. The maximum atomic E-state index is 12.7.